The Balaban J connectivity index is 1.51. The van der Waals surface area contributed by atoms with Crippen LogP contribution in [-0.2, 0) is 11.3 Å². The molecule has 0 radical (unpaired) electrons. The predicted octanol–water partition coefficient (Wildman–Crippen LogP) is 2.75. The summed E-state index contributed by atoms with van der Waals surface area (Å²) in [7, 11) is 3.07. The monoisotopic (exact) mass is 443 g/mol. The summed E-state index contributed by atoms with van der Waals surface area (Å²) in [5.41, 5.74) is 0.713. The number of benzene rings is 1. The number of nitrogens with one attached hydrogen (secondary N) is 1. The van der Waals surface area contributed by atoms with E-state index in [4.69, 9.17) is 9.47 Å². The zero-order valence-electron chi connectivity index (χ0n) is 17.8. The Morgan fingerprint density at radius 3 is 2.84 bits per heavy atom. The van der Waals surface area contributed by atoms with Gasteiger partial charge in [0.25, 0.3) is 5.56 Å². The van der Waals surface area contributed by atoms with E-state index in [1.54, 1.807) is 25.3 Å². The lowest BCUT2D eigenvalue weighted by Crippen LogP contribution is -2.34. The van der Waals surface area contributed by atoms with Gasteiger partial charge in [0.1, 0.15) is 17.6 Å². The van der Waals surface area contributed by atoms with Gasteiger partial charge in [0.2, 0.25) is 5.91 Å². The smallest absolute Gasteiger partial charge is 0.273 e. The molecule has 0 unspecified atom stereocenters. The Morgan fingerprint density at radius 2 is 2.10 bits per heavy atom. The maximum Gasteiger partial charge on any atom is 0.273 e. The van der Waals surface area contributed by atoms with E-state index in [2.05, 4.69) is 27.1 Å². The van der Waals surface area contributed by atoms with E-state index in [0.717, 1.165) is 24.6 Å². The summed E-state index contributed by atoms with van der Waals surface area (Å²) in [6, 6.07) is 5.07. The first-order valence-corrected chi connectivity index (χ1v) is 10.9. The topological polar surface area (TPSA) is 98.6 Å². The van der Waals surface area contributed by atoms with Crippen molar-refractivity contribution in [3.05, 3.63) is 34.9 Å². The Kier molecular flexibility index (Phi) is 6.08. The summed E-state index contributed by atoms with van der Waals surface area (Å²) in [5, 5.41) is 3.59. The number of aromatic nitrogens is 3. The zero-order valence-corrected chi connectivity index (χ0v) is 18.6. The fraction of sp³-hybridized carbons (Fsp3) is 0.429. The number of amides is 1. The normalized spacial score (nSPS) is 16.4. The molecule has 1 saturated heterocycles. The summed E-state index contributed by atoms with van der Waals surface area (Å²) in [6.45, 7) is 3.94. The van der Waals surface area contributed by atoms with Gasteiger partial charge in [-0.05, 0) is 30.9 Å². The molecule has 1 N–H and O–H groups in total. The molecule has 4 rings (SSSR count). The van der Waals surface area contributed by atoms with Crippen molar-refractivity contribution in [2.45, 2.75) is 26.3 Å². The van der Waals surface area contributed by atoms with Crippen LogP contribution in [0.25, 0.3) is 10.3 Å². The molecule has 0 saturated carbocycles. The maximum absolute atomic E-state index is 12.9. The third-order valence-corrected chi connectivity index (χ3v) is 6.37. The lowest BCUT2D eigenvalue weighted by atomic mass is 10.0. The summed E-state index contributed by atoms with van der Waals surface area (Å²) in [4.78, 5) is 36.5. The van der Waals surface area contributed by atoms with Gasteiger partial charge in [-0.1, -0.05) is 18.3 Å². The predicted molar refractivity (Wildman–Crippen MR) is 120 cm³/mol. The molecule has 1 atom stereocenters. The van der Waals surface area contributed by atoms with Crippen LogP contribution in [0.3, 0.4) is 0 Å². The standard InChI is InChI=1S/C21H25N5O4S/c1-13-5-4-8-25(10-13)21-24-19-18(31-21)20(28)26(12-22-19)11-17(27)23-14-6-7-15(29-2)16(9-14)30-3/h6-7,9,12-13H,4-5,8,10-11H2,1-3H3,(H,23,27)/t13-/m1/s1. The zero-order chi connectivity index (χ0) is 22.0. The molecule has 0 bridgehead atoms. The second-order valence-electron chi connectivity index (χ2n) is 7.64. The van der Waals surface area contributed by atoms with Crippen LogP contribution in [0.1, 0.15) is 19.8 Å². The van der Waals surface area contributed by atoms with Crippen molar-refractivity contribution in [1.29, 1.82) is 0 Å². The van der Waals surface area contributed by atoms with Crippen LogP contribution < -0.4 is 25.2 Å². The van der Waals surface area contributed by atoms with Gasteiger partial charge in [0, 0.05) is 24.8 Å². The average Bonchev–Trinajstić information content (AvgIpc) is 3.21. The van der Waals surface area contributed by atoms with Crippen molar-refractivity contribution in [3.63, 3.8) is 0 Å². The highest BCUT2D eigenvalue weighted by atomic mass is 32.1. The number of rotatable bonds is 6. The number of ether oxygens (including phenoxy) is 2. The van der Waals surface area contributed by atoms with E-state index in [9.17, 15) is 9.59 Å². The first-order chi connectivity index (χ1) is 15.0. The molecule has 2 aromatic heterocycles. The molecule has 1 fully saturated rings. The van der Waals surface area contributed by atoms with Crippen LogP contribution in [0.4, 0.5) is 10.8 Å². The number of fused-ring (bicyclic) bond motifs is 1. The molecule has 164 valence electrons. The molecular formula is C21H25N5O4S. The number of hydrogen-bond donors (Lipinski definition) is 1. The molecule has 1 amide bonds. The molecule has 31 heavy (non-hydrogen) atoms. The van der Waals surface area contributed by atoms with Crippen LogP contribution in [0, 0.1) is 5.92 Å². The fourth-order valence-electron chi connectivity index (χ4n) is 3.72. The van der Waals surface area contributed by atoms with Gasteiger partial charge < -0.3 is 19.7 Å². The summed E-state index contributed by atoms with van der Waals surface area (Å²) < 4.78 is 12.2. The lowest BCUT2D eigenvalue weighted by molar-refractivity contribution is -0.116. The number of hydrogen-bond acceptors (Lipinski definition) is 8. The second kappa shape index (κ2) is 8.93. The van der Waals surface area contributed by atoms with E-state index < -0.39 is 0 Å². The molecule has 3 aromatic rings. The lowest BCUT2D eigenvalue weighted by Gasteiger charge is -2.30. The van der Waals surface area contributed by atoms with Gasteiger partial charge in [-0.2, -0.15) is 4.98 Å². The van der Waals surface area contributed by atoms with Gasteiger partial charge in [-0.25, -0.2) is 4.98 Å². The molecular weight excluding hydrogens is 418 g/mol. The van der Waals surface area contributed by atoms with Gasteiger partial charge in [0.15, 0.2) is 22.3 Å². The number of carbonyl (C=O) groups is 1. The Bertz CT molecular complexity index is 1160. The Morgan fingerprint density at radius 1 is 1.29 bits per heavy atom. The molecule has 3 heterocycles. The minimum atomic E-state index is -0.343. The number of methoxy groups -OCH3 is 2. The number of anilines is 2. The van der Waals surface area contributed by atoms with Crippen molar-refractivity contribution in [1.82, 2.24) is 14.5 Å². The number of carbonyl (C=O) groups excluding carboxylic acids is 1. The van der Waals surface area contributed by atoms with Crippen molar-refractivity contribution in [2.75, 3.05) is 37.5 Å². The molecule has 1 aliphatic rings. The van der Waals surface area contributed by atoms with E-state index in [1.807, 2.05) is 0 Å². The Labute approximate surface area is 183 Å². The van der Waals surface area contributed by atoms with E-state index in [0.29, 0.717) is 33.5 Å². The van der Waals surface area contributed by atoms with Gasteiger partial charge in [-0.3, -0.25) is 14.2 Å². The molecule has 1 aromatic carbocycles. The van der Waals surface area contributed by atoms with E-state index in [-0.39, 0.29) is 18.0 Å². The van der Waals surface area contributed by atoms with Crippen LogP contribution in [0.5, 0.6) is 11.5 Å². The van der Waals surface area contributed by atoms with Gasteiger partial charge in [-0.15, -0.1) is 0 Å². The quantitative estimate of drug-likeness (QED) is 0.625. The maximum atomic E-state index is 12.9. The van der Waals surface area contributed by atoms with E-state index in [1.165, 1.54) is 35.8 Å². The second-order valence-corrected chi connectivity index (χ2v) is 8.62. The number of thiazole rings is 1. The highest BCUT2D eigenvalue weighted by molar-refractivity contribution is 7.22. The third kappa shape index (κ3) is 4.48. The van der Waals surface area contributed by atoms with Gasteiger partial charge in [0.05, 0.1) is 14.2 Å². The summed E-state index contributed by atoms with van der Waals surface area (Å²) in [5.74, 6) is 1.33. The van der Waals surface area contributed by atoms with Crippen molar-refractivity contribution in [2.24, 2.45) is 5.92 Å². The molecule has 0 spiro atoms. The first kappa shape index (κ1) is 21.1. The Hall–Kier alpha value is -3.14. The van der Waals surface area contributed by atoms with Crippen LogP contribution >= 0.6 is 11.3 Å². The largest absolute Gasteiger partial charge is 0.493 e. The summed E-state index contributed by atoms with van der Waals surface area (Å²) >= 11 is 1.34. The van der Waals surface area contributed by atoms with Crippen LogP contribution in [0.2, 0.25) is 0 Å². The van der Waals surface area contributed by atoms with Crippen molar-refractivity contribution >= 4 is 38.4 Å². The average molecular weight is 444 g/mol. The molecule has 0 aliphatic carbocycles. The number of piperidine rings is 1. The number of nitrogens with zero attached hydrogens (tertiary/aromatic N) is 4. The molecule has 1 aliphatic heterocycles. The first-order valence-electron chi connectivity index (χ1n) is 10.1. The SMILES string of the molecule is COc1ccc(NC(=O)Cn2cnc3nc(N4CCC[C@@H](C)C4)sc3c2=O)cc1OC. The highest BCUT2D eigenvalue weighted by Crippen LogP contribution is 2.30. The van der Waals surface area contributed by atoms with Gasteiger partial charge >= 0.3 is 0 Å². The van der Waals surface area contributed by atoms with Crippen LogP contribution in [0.15, 0.2) is 29.3 Å². The summed E-state index contributed by atoms with van der Waals surface area (Å²) in [6.07, 6.45) is 3.70. The molecule has 9 nitrogen and oxygen atoms in total. The molecule has 10 heteroatoms. The van der Waals surface area contributed by atoms with Crippen molar-refractivity contribution < 1.29 is 14.3 Å². The minimum Gasteiger partial charge on any atom is -0.493 e. The van der Waals surface area contributed by atoms with E-state index >= 15 is 0 Å². The minimum absolute atomic E-state index is 0.149. The van der Waals surface area contributed by atoms with Crippen molar-refractivity contribution in [3.8, 4) is 11.5 Å². The van der Waals surface area contributed by atoms with Crippen LogP contribution in [-0.4, -0.2) is 47.8 Å². The fourth-order valence-corrected chi connectivity index (χ4v) is 4.72. The highest BCUT2D eigenvalue weighted by Gasteiger charge is 2.21. The third-order valence-electron chi connectivity index (χ3n) is 5.28.